The average Bonchev–Trinajstić information content (AvgIpc) is 2.46. The molecule has 0 amide bonds. The molecule has 1 aromatic rings. The molecule has 1 atom stereocenters. The number of hydrogen-bond acceptors (Lipinski definition) is 3. The Bertz CT molecular complexity index is 363. The van der Waals surface area contributed by atoms with Gasteiger partial charge in [-0.3, -0.25) is 9.69 Å². The van der Waals surface area contributed by atoms with Gasteiger partial charge in [-0.2, -0.15) is 0 Å². The van der Waals surface area contributed by atoms with Crippen molar-refractivity contribution in [3.8, 4) is 0 Å². The lowest BCUT2D eigenvalue weighted by Crippen LogP contribution is -2.38. The number of benzene rings is 1. The molecule has 0 aromatic heterocycles. The van der Waals surface area contributed by atoms with E-state index in [2.05, 4.69) is 20.8 Å². The highest BCUT2D eigenvalue weighted by atomic mass is 79.9. The van der Waals surface area contributed by atoms with Crippen LogP contribution in [-0.4, -0.2) is 29.8 Å². The van der Waals surface area contributed by atoms with Crippen molar-refractivity contribution in [1.29, 1.82) is 0 Å². The molecule has 98 valence electrons. The van der Waals surface area contributed by atoms with Crippen LogP contribution in [-0.2, 0) is 9.53 Å². The average molecular weight is 312 g/mol. The van der Waals surface area contributed by atoms with Gasteiger partial charge in [-0.15, -0.1) is 0 Å². The lowest BCUT2D eigenvalue weighted by atomic mass is 9.98. The van der Waals surface area contributed by atoms with Crippen molar-refractivity contribution < 1.29 is 9.53 Å². The highest BCUT2D eigenvalue weighted by Gasteiger charge is 2.26. The van der Waals surface area contributed by atoms with Crippen LogP contribution in [0.3, 0.4) is 0 Å². The number of piperidine rings is 1. The predicted molar refractivity (Wildman–Crippen MR) is 74.4 cm³/mol. The summed E-state index contributed by atoms with van der Waals surface area (Å²) in [6.07, 6.45) is 2.06. The summed E-state index contributed by atoms with van der Waals surface area (Å²) in [7, 11) is 0. The third-order valence-corrected chi connectivity index (χ3v) is 4.38. The van der Waals surface area contributed by atoms with E-state index in [9.17, 15) is 4.79 Å². The van der Waals surface area contributed by atoms with E-state index in [1.165, 1.54) is 0 Å². The molecular formula is C14H18BrNO2. The van der Waals surface area contributed by atoms with Gasteiger partial charge >= 0.3 is 0 Å². The van der Waals surface area contributed by atoms with Crippen LogP contribution in [0.15, 0.2) is 30.3 Å². The molecule has 0 aliphatic carbocycles. The number of rotatable bonds is 5. The zero-order valence-electron chi connectivity index (χ0n) is 10.3. The molecule has 0 bridgehead atoms. The lowest BCUT2D eigenvalue weighted by Gasteiger charge is -2.35. The Balaban J connectivity index is 2.05. The smallest absolute Gasteiger partial charge is 0.294 e. The molecule has 2 rings (SSSR count). The minimum Gasteiger partial charge on any atom is -0.444 e. The van der Waals surface area contributed by atoms with Crippen LogP contribution in [0.1, 0.15) is 24.6 Å². The molecule has 0 saturated carbocycles. The predicted octanol–water partition coefficient (Wildman–Crippen LogP) is 2.97. The van der Waals surface area contributed by atoms with E-state index in [0.29, 0.717) is 6.47 Å². The Morgan fingerprint density at radius 1 is 1.33 bits per heavy atom. The molecule has 18 heavy (non-hydrogen) atoms. The summed E-state index contributed by atoms with van der Waals surface area (Å²) in [5.74, 6) is 0.744. The fraction of sp³-hybridized carbons (Fsp3) is 0.500. The minimum absolute atomic E-state index is 0.236. The number of alkyl halides is 1. The van der Waals surface area contributed by atoms with Crippen molar-refractivity contribution >= 4 is 22.4 Å². The standard InChI is InChI=1S/C14H18BrNO2/c15-10-12-6-8-16(9-7-12)14(18-11-17)13-4-2-1-3-5-13/h1-5,11-12,14H,6-10H2. The van der Waals surface area contributed by atoms with E-state index in [-0.39, 0.29) is 6.23 Å². The lowest BCUT2D eigenvalue weighted by molar-refractivity contribution is -0.145. The van der Waals surface area contributed by atoms with Gasteiger partial charge in [-0.25, -0.2) is 0 Å². The topological polar surface area (TPSA) is 29.5 Å². The van der Waals surface area contributed by atoms with Gasteiger partial charge in [-0.05, 0) is 18.8 Å². The summed E-state index contributed by atoms with van der Waals surface area (Å²) in [6, 6.07) is 9.93. The maximum atomic E-state index is 10.7. The van der Waals surface area contributed by atoms with Crippen LogP contribution in [0.4, 0.5) is 0 Å². The third-order valence-electron chi connectivity index (χ3n) is 3.47. The number of nitrogens with zero attached hydrogens (tertiary/aromatic N) is 1. The Kier molecular flexibility index (Phi) is 5.20. The van der Waals surface area contributed by atoms with Crippen LogP contribution in [0, 0.1) is 5.92 Å². The van der Waals surface area contributed by atoms with Crippen molar-refractivity contribution in [2.75, 3.05) is 18.4 Å². The summed E-state index contributed by atoms with van der Waals surface area (Å²) < 4.78 is 5.27. The van der Waals surface area contributed by atoms with Crippen molar-refractivity contribution in [1.82, 2.24) is 4.90 Å². The number of hydrogen-bond donors (Lipinski definition) is 0. The summed E-state index contributed by atoms with van der Waals surface area (Å²) in [5, 5.41) is 1.06. The largest absolute Gasteiger partial charge is 0.444 e. The van der Waals surface area contributed by atoms with Crippen LogP contribution in [0.25, 0.3) is 0 Å². The van der Waals surface area contributed by atoms with E-state index < -0.39 is 0 Å². The van der Waals surface area contributed by atoms with Crippen molar-refractivity contribution in [3.63, 3.8) is 0 Å². The van der Waals surface area contributed by atoms with E-state index in [1.54, 1.807) is 0 Å². The van der Waals surface area contributed by atoms with E-state index in [0.717, 1.165) is 42.7 Å². The summed E-state index contributed by atoms with van der Waals surface area (Å²) in [4.78, 5) is 12.9. The molecule has 0 N–H and O–H groups in total. The number of halogens is 1. The van der Waals surface area contributed by atoms with Gasteiger partial charge < -0.3 is 4.74 Å². The zero-order chi connectivity index (χ0) is 12.8. The second-order valence-corrected chi connectivity index (χ2v) is 5.28. The first kappa shape index (κ1) is 13.6. The fourth-order valence-electron chi connectivity index (χ4n) is 2.39. The van der Waals surface area contributed by atoms with Gasteiger partial charge in [0.05, 0.1) is 0 Å². The molecule has 1 aliphatic heterocycles. The van der Waals surface area contributed by atoms with Crippen molar-refractivity contribution in [2.24, 2.45) is 5.92 Å². The molecule has 1 saturated heterocycles. The Labute approximate surface area is 116 Å². The van der Waals surface area contributed by atoms with Crippen molar-refractivity contribution in [3.05, 3.63) is 35.9 Å². The van der Waals surface area contributed by atoms with Gasteiger partial charge in [-0.1, -0.05) is 46.3 Å². The molecule has 1 aliphatic rings. The molecule has 3 nitrogen and oxygen atoms in total. The molecule has 1 unspecified atom stereocenters. The minimum atomic E-state index is -0.236. The Morgan fingerprint density at radius 3 is 2.56 bits per heavy atom. The highest BCUT2D eigenvalue weighted by Crippen LogP contribution is 2.27. The quantitative estimate of drug-likeness (QED) is 0.618. The van der Waals surface area contributed by atoms with E-state index in [1.807, 2.05) is 30.3 Å². The molecule has 0 radical (unpaired) electrons. The maximum Gasteiger partial charge on any atom is 0.294 e. The number of carbonyl (C=O) groups excluding carboxylic acids is 1. The van der Waals surface area contributed by atoms with Crippen LogP contribution < -0.4 is 0 Å². The van der Waals surface area contributed by atoms with Crippen LogP contribution in [0.5, 0.6) is 0 Å². The van der Waals surface area contributed by atoms with Gasteiger partial charge in [0.15, 0.2) is 6.23 Å². The molecule has 0 spiro atoms. The molecule has 1 heterocycles. The number of carbonyl (C=O) groups is 1. The normalized spacial score (nSPS) is 19.4. The maximum absolute atomic E-state index is 10.7. The summed E-state index contributed by atoms with van der Waals surface area (Å²) in [5.41, 5.74) is 1.04. The summed E-state index contributed by atoms with van der Waals surface area (Å²) in [6.45, 7) is 2.50. The van der Waals surface area contributed by atoms with E-state index in [4.69, 9.17) is 4.74 Å². The first-order valence-electron chi connectivity index (χ1n) is 6.29. The van der Waals surface area contributed by atoms with E-state index >= 15 is 0 Å². The van der Waals surface area contributed by atoms with Crippen LogP contribution in [0.2, 0.25) is 0 Å². The van der Waals surface area contributed by atoms with Gasteiger partial charge in [0.1, 0.15) is 0 Å². The Hall–Kier alpha value is -0.870. The highest BCUT2D eigenvalue weighted by molar-refractivity contribution is 9.09. The summed E-state index contributed by atoms with van der Waals surface area (Å²) >= 11 is 3.54. The first-order chi connectivity index (χ1) is 8.85. The monoisotopic (exact) mass is 311 g/mol. The first-order valence-corrected chi connectivity index (χ1v) is 7.41. The second-order valence-electron chi connectivity index (χ2n) is 4.63. The fourth-order valence-corrected chi connectivity index (χ4v) is 3.03. The number of ether oxygens (including phenoxy) is 1. The van der Waals surface area contributed by atoms with Gasteiger partial charge in [0.25, 0.3) is 6.47 Å². The Morgan fingerprint density at radius 2 is 2.00 bits per heavy atom. The molecule has 1 aromatic carbocycles. The van der Waals surface area contributed by atoms with Crippen LogP contribution >= 0.6 is 15.9 Å². The van der Waals surface area contributed by atoms with Crippen molar-refractivity contribution in [2.45, 2.75) is 19.1 Å². The number of likely N-dealkylation sites (tertiary alicyclic amines) is 1. The second kappa shape index (κ2) is 6.90. The zero-order valence-corrected chi connectivity index (χ0v) is 11.9. The van der Waals surface area contributed by atoms with Gasteiger partial charge in [0.2, 0.25) is 0 Å². The van der Waals surface area contributed by atoms with Gasteiger partial charge in [0, 0.05) is 24.0 Å². The molecule has 1 fully saturated rings. The molecular weight excluding hydrogens is 294 g/mol. The molecule has 4 heteroatoms. The SMILES string of the molecule is O=COC(c1ccccc1)N1CCC(CBr)CC1. The third kappa shape index (κ3) is 3.33.